The largest absolute Gasteiger partial charge is 0.478 e. The molecule has 0 heterocycles. The van der Waals surface area contributed by atoms with Crippen LogP contribution in [0, 0.1) is 6.92 Å². The number of anilines is 1. The number of nitrogens with one attached hydrogen (secondary N) is 1. The number of aromatic carboxylic acids is 1. The molecule has 0 aromatic heterocycles. The number of carboxylic acids is 1. The molecule has 0 spiro atoms. The van der Waals surface area contributed by atoms with E-state index in [4.69, 9.17) is 5.11 Å². The zero-order valence-corrected chi connectivity index (χ0v) is 14.6. The van der Waals surface area contributed by atoms with Crippen LogP contribution >= 0.6 is 0 Å². The molecule has 0 aliphatic heterocycles. The fraction of sp³-hybridized carbons (Fsp3) is 0.278. The Balaban J connectivity index is 2.25. The maximum Gasteiger partial charge on any atom is 0.335 e. The maximum atomic E-state index is 12.6. The van der Waals surface area contributed by atoms with E-state index in [1.165, 1.54) is 18.2 Å². The molecule has 5 nitrogen and oxygen atoms in total. The number of rotatable bonds is 7. The SMILES string of the molecule is CCCCc1ccc(NS(=O)(=O)c2cc(C(=O)O)ccc2C)cc1. The van der Waals surface area contributed by atoms with Gasteiger partial charge in [0, 0.05) is 5.69 Å². The average Bonchev–Trinajstić information content (AvgIpc) is 2.54. The number of sulfonamides is 1. The van der Waals surface area contributed by atoms with Crippen LogP contribution in [0.5, 0.6) is 0 Å². The zero-order chi connectivity index (χ0) is 17.7. The second-order valence-corrected chi connectivity index (χ2v) is 7.34. The van der Waals surface area contributed by atoms with Crippen molar-refractivity contribution in [3.63, 3.8) is 0 Å². The molecule has 0 amide bonds. The molecule has 0 unspecified atom stereocenters. The molecule has 2 rings (SSSR count). The number of hydrogen-bond acceptors (Lipinski definition) is 3. The summed E-state index contributed by atoms with van der Waals surface area (Å²) in [6.45, 7) is 3.75. The number of aryl methyl sites for hydroxylation is 2. The minimum Gasteiger partial charge on any atom is -0.478 e. The first-order chi connectivity index (χ1) is 11.3. The van der Waals surface area contributed by atoms with Gasteiger partial charge in [-0.3, -0.25) is 4.72 Å². The molecule has 0 saturated carbocycles. The van der Waals surface area contributed by atoms with Crippen molar-refractivity contribution in [2.45, 2.75) is 38.0 Å². The molecule has 0 bridgehead atoms. The third-order valence-corrected chi connectivity index (χ3v) is 5.27. The highest BCUT2D eigenvalue weighted by Gasteiger charge is 2.19. The smallest absolute Gasteiger partial charge is 0.335 e. The molecule has 0 radical (unpaired) electrons. The zero-order valence-electron chi connectivity index (χ0n) is 13.7. The Bertz CT molecular complexity index is 827. The van der Waals surface area contributed by atoms with Gasteiger partial charge >= 0.3 is 5.97 Å². The van der Waals surface area contributed by atoms with Crippen LogP contribution in [0.1, 0.15) is 41.3 Å². The summed E-state index contributed by atoms with van der Waals surface area (Å²) in [5.74, 6) is -1.16. The minimum absolute atomic E-state index is 0.0301. The average molecular weight is 347 g/mol. The predicted octanol–water partition coefficient (Wildman–Crippen LogP) is 3.84. The van der Waals surface area contributed by atoms with Gasteiger partial charge in [-0.05, 0) is 55.2 Å². The quantitative estimate of drug-likeness (QED) is 0.797. The molecule has 0 atom stereocenters. The summed E-state index contributed by atoms with van der Waals surface area (Å²) in [5.41, 5.74) is 2.04. The molecule has 2 aromatic carbocycles. The van der Waals surface area contributed by atoms with Crippen LogP contribution in [0.4, 0.5) is 5.69 Å². The Hall–Kier alpha value is -2.34. The molecule has 0 aliphatic carbocycles. The van der Waals surface area contributed by atoms with Crippen molar-refractivity contribution in [2.24, 2.45) is 0 Å². The molecule has 6 heteroatoms. The van der Waals surface area contributed by atoms with Gasteiger partial charge in [0.2, 0.25) is 0 Å². The lowest BCUT2D eigenvalue weighted by molar-refractivity contribution is 0.0696. The maximum absolute atomic E-state index is 12.6. The van der Waals surface area contributed by atoms with Crippen molar-refractivity contribution in [3.05, 3.63) is 59.2 Å². The molecule has 2 N–H and O–H groups in total. The minimum atomic E-state index is -3.84. The molecule has 2 aromatic rings. The molecular weight excluding hydrogens is 326 g/mol. The highest BCUT2D eigenvalue weighted by Crippen LogP contribution is 2.21. The normalized spacial score (nSPS) is 11.2. The van der Waals surface area contributed by atoms with Gasteiger partial charge in [0.1, 0.15) is 0 Å². The lowest BCUT2D eigenvalue weighted by atomic mass is 10.1. The van der Waals surface area contributed by atoms with E-state index < -0.39 is 16.0 Å². The Morgan fingerprint density at radius 3 is 2.38 bits per heavy atom. The Labute approximate surface area is 142 Å². The Morgan fingerprint density at radius 2 is 1.79 bits per heavy atom. The van der Waals surface area contributed by atoms with Crippen LogP contribution in [0.3, 0.4) is 0 Å². The molecular formula is C18H21NO4S. The van der Waals surface area contributed by atoms with Gasteiger partial charge in [0.05, 0.1) is 10.5 Å². The van der Waals surface area contributed by atoms with E-state index in [1.807, 2.05) is 12.1 Å². The van der Waals surface area contributed by atoms with Gasteiger partial charge in [0.15, 0.2) is 0 Å². The summed E-state index contributed by atoms with van der Waals surface area (Å²) in [4.78, 5) is 11.0. The lowest BCUT2D eigenvalue weighted by Crippen LogP contribution is -2.15. The third kappa shape index (κ3) is 4.35. The van der Waals surface area contributed by atoms with E-state index in [-0.39, 0.29) is 10.5 Å². The van der Waals surface area contributed by atoms with Crippen molar-refractivity contribution in [2.75, 3.05) is 4.72 Å². The van der Waals surface area contributed by atoms with Crippen LogP contribution < -0.4 is 4.72 Å². The van der Waals surface area contributed by atoms with Crippen molar-refractivity contribution in [1.82, 2.24) is 0 Å². The van der Waals surface area contributed by atoms with Gasteiger partial charge in [-0.1, -0.05) is 31.5 Å². The molecule has 0 aliphatic rings. The van der Waals surface area contributed by atoms with Crippen LogP contribution in [-0.4, -0.2) is 19.5 Å². The van der Waals surface area contributed by atoms with Crippen molar-refractivity contribution < 1.29 is 18.3 Å². The van der Waals surface area contributed by atoms with E-state index in [1.54, 1.807) is 19.1 Å². The number of carbonyl (C=O) groups is 1. The first kappa shape index (κ1) is 18.0. The topological polar surface area (TPSA) is 83.5 Å². The monoisotopic (exact) mass is 347 g/mol. The van der Waals surface area contributed by atoms with Gasteiger partial charge in [-0.25, -0.2) is 13.2 Å². The fourth-order valence-electron chi connectivity index (χ4n) is 2.35. The van der Waals surface area contributed by atoms with Gasteiger partial charge in [-0.2, -0.15) is 0 Å². The van der Waals surface area contributed by atoms with E-state index in [9.17, 15) is 13.2 Å². The van der Waals surface area contributed by atoms with Crippen LogP contribution in [0.15, 0.2) is 47.4 Å². The van der Waals surface area contributed by atoms with Crippen LogP contribution in [0.25, 0.3) is 0 Å². The van der Waals surface area contributed by atoms with E-state index >= 15 is 0 Å². The summed E-state index contributed by atoms with van der Waals surface area (Å²) in [6, 6.07) is 11.3. The van der Waals surface area contributed by atoms with Crippen LogP contribution in [-0.2, 0) is 16.4 Å². The van der Waals surface area contributed by atoms with E-state index in [0.29, 0.717) is 11.3 Å². The third-order valence-electron chi connectivity index (χ3n) is 3.75. The number of unbranched alkanes of at least 4 members (excludes halogenated alkanes) is 1. The summed E-state index contributed by atoms with van der Waals surface area (Å²) in [5, 5.41) is 9.04. The first-order valence-corrected chi connectivity index (χ1v) is 9.27. The number of carboxylic acid groups (broad SMARTS) is 1. The fourth-order valence-corrected chi connectivity index (χ4v) is 3.68. The summed E-state index contributed by atoms with van der Waals surface area (Å²) in [6.07, 6.45) is 3.16. The molecule has 24 heavy (non-hydrogen) atoms. The number of benzene rings is 2. The Kier molecular flexibility index (Phi) is 5.62. The van der Waals surface area contributed by atoms with E-state index in [0.717, 1.165) is 24.8 Å². The van der Waals surface area contributed by atoms with Crippen molar-refractivity contribution in [1.29, 1.82) is 0 Å². The highest BCUT2D eigenvalue weighted by molar-refractivity contribution is 7.92. The summed E-state index contributed by atoms with van der Waals surface area (Å²) in [7, 11) is -3.84. The number of hydrogen-bond donors (Lipinski definition) is 2. The highest BCUT2D eigenvalue weighted by atomic mass is 32.2. The van der Waals surface area contributed by atoms with Gasteiger partial charge in [-0.15, -0.1) is 0 Å². The second kappa shape index (κ2) is 7.49. The van der Waals surface area contributed by atoms with Crippen molar-refractivity contribution >= 4 is 21.7 Å². The van der Waals surface area contributed by atoms with Gasteiger partial charge < -0.3 is 5.11 Å². The molecule has 0 fully saturated rings. The summed E-state index contributed by atoms with van der Waals surface area (Å²) < 4.78 is 27.6. The second-order valence-electron chi connectivity index (χ2n) is 5.69. The lowest BCUT2D eigenvalue weighted by Gasteiger charge is -2.11. The predicted molar refractivity (Wildman–Crippen MR) is 94.0 cm³/mol. The molecule has 0 saturated heterocycles. The standard InChI is InChI=1S/C18H21NO4S/c1-3-4-5-14-7-10-16(11-8-14)19-24(22,23)17-12-15(18(20)21)9-6-13(17)2/h6-12,19H,3-5H2,1-2H3,(H,20,21). The Morgan fingerprint density at radius 1 is 1.12 bits per heavy atom. The van der Waals surface area contributed by atoms with Crippen molar-refractivity contribution in [3.8, 4) is 0 Å². The first-order valence-electron chi connectivity index (χ1n) is 7.79. The van der Waals surface area contributed by atoms with Crippen LogP contribution in [0.2, 0.25) is 0 Å². The summed E-state index contributed by atoms with van der Waals surface area (Å²) >= 11 is 0. The molecule has 128 valence electrons. The van der Waals surface area contributed by atoms with Gasteiger partial charge in [0.25, 0.3) is 10.0 Å². The van der Waals surface area contributed by atoms with E-state index in [2.05, 4.69) is 11.6 Å².